The molecule has 96 valence electrons. The summed E-state index contributed by atoms with van der Waals surface area (Å²) in [4.78, 5) is 0. The van der Waals surface area contributed by atoms with Gasteiger partial charge in [-0.05, 0) is 35.9 Å². The average Bonchev–Trinajstić information content (AvgIpc) is 2.43. The summed E-state index contributed by atoms with van der Waals surface area (Å²) in [7, 11) is 0. The van der Waals surface area contributed by atoms with Gasteiger partial charge in [-0.25, -0.2) is 0 Å². The third-order valence-corrected chi connectivity index (χ3v) is 3.12. The van der Waals surface area contributed by atoms with Gasteiger partial charge in [0.25, 0.3) is 0 Å². The summed E-state index contributed by atoms with van der Waals surface area (Å²) in [6.07, 6.45) is 0.397. The molecule has 2 aromatic carbocycles. The summed E-state index contributed by atoms with van der Waals surface area (Å²) in [5.41, 5.74) is 1.80. The lowest BCUT2D eigenvalue weighted by atomic mass is 10.1. The highest BCUT2D eigenvalue weighted by atomic mass is 35.5. The minimum Gasteiger partial charge on any atom is -0.457 e. The van der Waals surface area contributed by atoms with Crippen molar-refractivity contribution >= 4 is 23.2 Å². The largest absolute Gasteiger partial charge is 0.457 e. The van der Waals surface area contributed by atoms with Gasteiger partial charge in [-0.3, -0.25) is 0 Å². The van der Waals surface area contributed by atoms with Crippen LogP contribution in [-0.4, -0.2) is 0 Å². The van der Waals surface area contributed by atoms with Crippen molar-refractivity contribution in [3.05, 3.63) is 58.6 Å². The quantitative estimate of drug-likeness (QED) is 0.748. The molecule has 0 bridgehead atoms. The van der Waals surface area contributed by atoms with Crippen LogP contribution in [0.25, 0.3) is 0 Å². The number of hydrogen-bond acceptors (Lipinski definition) is 2. The minimum absolute atomic E-state index is 0.336. The molecule has 4 heteroatoms. The molecule has 0 heterocycles. The minimum atomic E-state index is 0.336. The lowest BCUT2D eigenvalue weighted by Crippen LogP contribution is -1.90. The molecule has 0 aliphatic rings. The topological polar surface area (TPSA) is 33.0 Å². The Kier molecular flexibility index (Phi) is 4.68. The van der Waals surface area contributed by atoms with Crippen LogP contribution in [0.1, 0.15) is 11.1 Å². The molecule has 2 rings (SSSR count). The number of hydrogen-bond donors (Lipinski definition) is 0. The number of halogens is 2. The van der Waals surface area contributed by atoms with Gasteiger partial charge in [0.15, 0.2) is 0 Å². The van der Waals surface area contributed by atoms with Gasteiger partial charge in [0.05, 0.1) is 18.4 Å². The third-order valence-electron chi connectivity index (χ3n) is 2.60. The van der Waals surface area contributed by atoms with E-state index < -0.39 is 0 Å². The summed E-state index contributed by atoms with van der Waals surface area (Å²) in [5.74, 6) is 1.73. The average molecular weight is 292 g/mol. The van der Waals surface area contributed by atoms with Crippen LogP contribution in [0.3, 0.4) is 0 Å². The van der Waals surface area contributed by atoms with Crippen LogP contribution in [0.4, 0.5) is 0 Å². The molecular weight excluding hydrogens is 281 g/mol. The molecule has 0 radical (unpaired) electrons. The molecule has 0 saturated carbocycles. The lowest BCUT2D eigenvalue weighted by Gasteiger charge is -2.10. The normalized spacial score (nSPS) is 9.95. The highest BCUT2D eigenvalue weighted by Crippen LogP contribution is 2.29. The van der Waals surface area contributed by atoms with Crippen molar-refractivity contribution in [2.45, 2.75) is 12.3 Å². The summed E-state index contributed by atoms with van der Waals surface area (Å²) in [6, 6.07) is 14.9. The molecular formula is C15H11Cl2NO. The highest BCUT2D eigenvalue weighted by Gasteiger charge is 2.05. The number of nitriles is 1. The first kappa shape index (κ1) is 13.7. The predicted molar refractivity (Wildman–Crippen MR) is 76.8 cm³/mol. The van der Waals surface area contributed by atoms with Crippen LogP contribution in [-0.2, 0) is 12.3 Å². The molecule has 0 amide bonds. The Bertz CT molecular complexity index is 603. The van der Waals surface area contributed by atoms with Gasteiger partial charge in [-0.2, -0.15) is 5.26 Å². The van der Waals surface area contributed by atoms with E-state index in [0.29, 0.717) is 28.8 Å². The Morgan fingerprint density at radius 3 is 2.47 bits per heavy atom. The van der Waals surface area contributed by atoms with Crippen LogP contribution in [0, 0.1) is 11.3 Å². The van der Waals surface area contributed by atoms with Crippen LogP contribution in [0.15, 0.2) is 42.5 Å². The Hall–Kier alpha value is -1.69. The molecule has 0 unspecified atom stereocenters. The fourth-order valence-corrected chi connectivity index (χ4v) is 2.05. The highest BCUT2D eigenvalue weighted by molar-refractivity contribution is 6.30. The van der Waals surface area contributed by atoms with E-state index in [2.05, 4.69) is 6.07 Å². The molecule has 0 fully saturated rings. The van der Waals surface area contributed by atoms with Gasteiger partial charge in [0.2, 0.25) is 0 Å². The number of ether oxygens (including phenoxy) is 1. The van der Waals surface area contributed by atoms with Crippen molar-refractivity contribution in [2.75, 3.05) is 0 Å². The number of benzene rings is 2. The van der Waals surface area contributed by atoms with Crippen molar-refractivity contribution in [1.29, 1.82) is 5.26 Å². The van der Waals surface area contributed by atoms with E-state index in [1.165, 1.54) is 0 Å². The molecule has 19 heavy (non-hydrogen) atoms. The fourth-order valence-electron chi connectivity index (χ4n) is 1.65. The van der Waals surface area contributed by atoms with E-state index in [1.54, 1.807) is 18.2 Å². The zero-order chi connectivity index (χ0) is 13.7. The third kappa shape index (κ3) is 3.64. The van der Waals surface area contributed by atoms with Crippen LogP contribution in [0.2, 0.25) is 5.02 Å². The first-order valence-corrected chi connectivity index (χ1v) is 6.62. The van der Waals surface area contributed by atoms with Crippen LogP contribution >= 0.6 is 23.2 Å². The fraction of sp³-hybridized carbons (Fsp3) is 0.133. The summed E-state index contributed by atoms with van der Waals surface area (Å²) in [5, 5.41) is 9.24. The number of alkyl halides is 1. The molecule has 0 aliphatic carbocycles. The van der Waals surface area contributed by atoms with Gasteiger partial charge in [-0.15, -0.1) is 11.6 Å². The molecule has 0 aliphatic heterocycles. The van der Waals surface area contributed by atoms with E-state index in [0.717, 1.165) is 11.1 Å². The molecule has 0 N–H and O–H groups in total. The standard InChI is InChI=1S/C15H11Cl2NO/c16-10-12-9-13(17)3-6-15(12)19-14-4-1-11(2-5-14)7-8-18/h1-6,9H,7,10H2. The Morgan fingerprint density at radius 1 is 1.11 bits per heavy atom. The van der Waals surface area contributed by atoms with Gasteiger partial charge < -0.3 is 4.74 Å². The second-order valence-electron chi connectivity index (χ2n) is 3.97. The van der Waals surface area contributed by atoms with E-state index in [-0.39, 0.29) is 0 Å². The maximum Gasteiger partial charge on any atom is 0.131 e. The van der Waals surface area contributed by atoms with Gasteiger partial charge >= 0.3 is 0 Å². The Morgan fingerprint density at radius 2 is 1.84 bits per heavy atom. The lowest BCUT2D eigenvalue weighted by molar-refractivity contribution is 0.478. The molecule has 0 spiro atoms. The first-order valence-electron chi connectivity index (χ1n) is 5.71. The number of rotatable bonds is 4. The van der Waals surface area contributed by atoms with Crippen LogP contribution < -0.4 is 4.74 Å². The van der Waals surface area contributed by atoms with E-state index in [4.69, 9.17) is 33.2 Å². The van der Waals surface area contributed by atoms with E-state index in [1.807, 2.05) is 24.3 Å². The predicted octanol–water partition coefficient (Wildman–Crippen LogP) is 4.94. The molecule has 0 atom stereocenters. The van der Waals surface area contributed by atoms with E-state index >= 15 is 0 Å². The number of nitrogens with zero attached hydrogens (tertiary/aromatic N) is 1. The monoisotopic (exact) mass is 291 g/mol. The maximum atomic E-state index is 8.61. The van der Waals surface area contributed by atoms with Crippen molar-refractivity contribution < 1.29 is 4.74 Å². The van der Waals surface area contributed by atoms with Crippen molar-refractivity contribution in [3.63, 3.8) is 0 Å². The van der Waals surface area contributed by atoms with Crippen LogP contribution in [0.5, 0.6) is 11.5 Å². The second kappa shape index (κ2) is 6.47. The first-order chi connectivity index (χ1) is 9.22. The SMILES string of the molecule is N#CCc1ccc(Oc2ccc(Cl)cc2CCl)cc1. The summed E-state index contributed by atoms with van der Waals surface area (Å²) < 4.78 is 5.76. The summed E-state index contributed by atoms with van der Waals surface area (Å²) >= 11 is 11.8. The molecule has 0 aromatic heterocycles. The maximum absolute atomic E-state index is 8.61. The Balaban J connectivity index is 2.19. The summed E-state index contributed by atoms with van der Waals surface area (Å²) in [6.45, 7) is 0. The van der Waals surface area contributed by atoms with Gasteiger partial charge in [0, 0.05) is 10.6 Å². The zero-order valence-electron chi connectivity index (χ0n) is 10.1. The smallest absolute Gasteiger partial charge is 0.131 e. The zero-order valence-corrected chi connectivity index (χ0v) is 11.6. The van der Waals surface area contributed by atoms with Crippen molar-refractivity contribution in [1.82, 2.24) is 0 Å². The van der Waals surface area contributed by atoms with Crippen molar-refractivity contribution in [3.8, 4) is 17.6 Å². The molecule has 0 saturated heterocycles. The van der Waals surface area contributed by atoms with Crippen molar-refractivity contribution in [2.24, 2.45) is 0 Å². The van der Waals surface area contributed by atoms with E-state index in [9.17, 15) is 0 Å². The van der Waals surface area contributed by atoms with Gasteiger partial charge in [0.1, 0.15) is 11.5 Å². The second-order valence-corrected chi connectivity index (χ2v) is 4.67. The van der Waals surface area contributed by atoms with Gasteiger partial charge in [-0.1, -0.05) is 23.7 Å². The Labute approximate surface area is 122 Å². The molecule has 2 aromatic rings. The molecule has 2 nitrogen and oxygen atoms in total.